The summed E-state index contributed by atoms with van der Waals surface area (Å²) in [6, 6.07) is 0. The van der Waals surface area contributed by atoms with Gasteiger partial charge in [-0.3, -0.25) is 4.57 Å². The molecule has 3 N–H and O–H groups in total. The highest BCUT2D eigenvalue weighted by Gasteiger charge is 2.22. The van der Waals surface area contributed by atoms with Gasteiger partial charge in [-0.25, -0.2) is 0 Å². The smallest absolute Gasteiger partial charge is 0.361 e. The Morgan fingerprint density at radius 1 is 1.62 bits per heavy atom. The van der Waals surface area contributed by atoms with Gasteiger partial charge in [-0.15, -0.1) is 0 Å². The maximum Gasteiger partial charge on any atom is 0.406 e. The van der Waals surface area contributed by atoms with Crippen molar-refractivity contribution >= 4 is 11.6 Å². The van der Waals surface area contributed by atoms with Gasteiger partial charge in [-0.2, -0.15) is 0 Å². The summed E-state index contributed by atoms with van der Waals surface area (Å²) < 4.78 is 1.65. The fourth-order valence-electron chi connectivity index (χ4n) is 1.25. The highest BCUT2D eigenvalue weighted by Crippen LogP contribution is 2.23. The predicted octanol–water partition coefficient (Wildman–Crippen LogP) is 0.564. The van der Waals surface area contributed by atoms with Gasteiger partial charge in [0.1, 0.15) is 0 Å². The lowest BCUT2D eigenvalue weighted by molar-refractivity contribution is -0.388. The zero-order chi connectivity index (χ0) is 12.1. The van der Waals surface area contributed by atoms with Crippen LogP contribution >= 0.6 is 0 Å². The fraction of sp³-hybridized carbons (Fsp3) is 0.444. The number of anilines is 1. The second-order valence-corrected chi connectivity index (χ2v) is 3.24. The number of rotatable bonds is 5. The molecule has 0 aliphatic carbocycles. The van der Waals surface area contributed by atoms with E-state index in [0.717, 1.165) is 0 Å². The summed E-state index contributed by atoms with van der Waals surface area (Å²) >= 11 is 0. The molecule has 0 fully saturated rings. The van der Waals surface area contributed by atoms with Crippen LogP contribution in [0.1, 0.15) is 5.82 Å². The van der Waals surface area contributed by atoms with Crippen LogP contribution in [0.3, 0.4) is 0 Å². The van der Waals surface area contributed by atoms with Gasteiger partial charge in [0.05, 0.1) is 0 Å². The Hall–Kier alpha value is -1.89. The zero-order valence-electron chi connectivity index (χ0n) is 9.30. The predicted molar refractivity (Wildman–Crippen MR) is 61.3 cm³/mol. The average molecular weight is 225 g/mol. The molecule has 0 amide bonds. The van der Waals surface area contributed by atoms with E-state index in [1.165, 1.54) is 0 Å². The summed E-state index contributed by atoms with van der Waals surface area (Å²) in [6.07, 6.45) is 3.59. The Labute approximate surface area is 93.1 Å². The molecule has 0 radical (unpaired) electrons. The van der Waals surface area contributed by atoms with Crippen LogP contribution < -0.4 is 11.1 Å². The molecule has 0 bridgehead atoms. The number of hydrogen-bond donors (Lipinski definition) is 2. The molecular formula is C9H15N5O2. The minimum atomic E-state index is -0.498. The van der Waals surface area contributed by atoms with E-state index in [0.29, 0.717) is 24.7 Å². The second-order valence-electron chi connectivity index (χ2n) is 3.24. The van der Waals surface area contributed by atoms with Crippen molar-refractivity contribution in [3.05, 3.63) is 28.1 Å². The van der Waals surface area contributed by atoms with Crippen molar-refractivity contribution in [3.8, 4) is 0 Å². The fourth-order valence-corrected chi connectivity index (χ4v) is 1.25. The lowest BCUT2D eigenvalue weighted by Gasteiger charge is -2.03. The number of aromatic nitrogens is 2. The molecule has 1 aromatic rings. The summed E-state index contributed by atoms with van der Waals surface area (Å²) in [7, 11) is 1.73. The SMILES string of the molecule is Cc1nc([N+](=O)[O-])c(NC/C=C/CN)n1C. The summed E-state index contributed by atoms with van der Waals surface area (Å²) in [5.41, 5.74) is 5.28. The molecule has 0 aromatic carbocycles. The summed E-state index contributed by atoms with van der Waals surface area (Å²) in [4.78, 5) is 14.1. The Morgan fingerprint density at radius 2 is 2.31 bits per heavy atom. The Morgan fingerprint density at radius 3 is 2.88 bits per heavy atom. The standard InChI is InChI=1S/C9H15N5O2/c1-7-12-9(14(15)16)8(13(7)2)11-6-4-3-5-10/h3-4,11H,5-6,10H2,1-2H3/b4-3+. The Bertz CT molecular complexity index is 410. The van der Waals surface area contributed by atoms with Gasteiger partial charge < -0.3 is 21.2 Å². The van der Waals surface area contributed by atoms with E-state index in [4.69, 9.17) is 5.73 Å². The molecule has 0 aliphatic rings. The van der Waals surface area contributed by atoms with Crippen molar-refractivity contribution in [2.24, 2.45) is 12.8 Å². The lowest BCUT2D eigenvalue weighted by Crippen LogP contribution is -2.06. The first-order valence-electron chi connectivity index (χ1n) is 4.84. The van der Waals surface area contributed by atoms with E-state index < -0.39 is 4.92 Å². The van der Waals surface area contributed by atoms with Gasteiger partial charge in [0, 0.05) is 27.1 Å². The molecule has 16 heavy (non-hydrogen) atoms. The van der Waals surface area contributed by atoms with Crippen LogP contribution in [0.4, 0.5) is 11.6 Å². The average Bonchev–Trinajstić information content (AvgIpc) is 2.52. The molecule has 88 valence electrons. The highest BCUT2D eigenvalue weighted by atomic mass is 16.6. The van der Waals surface area contributed by atoms with Gasteiger partial charge in [-0.1, -0.05) is 12.2 Å². The second kappa shape index (κ2) is 5.26. The Kier molecular flexibility index (Phi) is 4.01. The summed E-state index contributed by atoms with van der Waals surface area (Å²) in [6.45, 7) is 2.65. The molecular weight excluding hydrogens is 210 g/mol. The third kappa shape index (κ3) is 2.57. The van der Waals surface area contributed by atoms with Crippen molar-refractivity contribution in [1.82, 2.24) is 9.55 Å². The summed E-state index contributed by atoms with van der Waals surface area (Å²) in [5, 5.41) is 13.7. The van der Waals surface area contributed by atoms with E-state index in [1.54, 1.807) is 24.6 Å². The van der Waals surface area contributed by atoms with Crippen molar-refractivity contribution in [2.75, 3.05) is 18.4 Å². The molecule has 1 rings (SSSR count). The van der Waals surface area contributed by atoms with Crippen molar-refractivity contribution in [3.63, 3.8) is 0 Å². The number of nitro groups is 1. The van der Waals surface area contributed by atoms with Gasteiger partial charge in [0.25, 0.3) is 0 Å². The Balaban J connectivity index is 2.85. The van der Waals surface area contributed by atoms with Crippen LogP contribution in [-0.2, 0) is 7.05 Å². The molecule has 1 aromatic heterocycles. The van der Waals surface area contributed by atoms with Gasteiger partial charge in [-0.05, 0) is 9.91 Å². The normalized spacial score (nSPS) is 10.9. The van der Waals surface area contributed by atoms with Gasteiger partial charge >= 0.3 is 5.82 Å². The topological polar surface area (TPSA) is 99.0 Å². The largest absolute Gasteiger partial charge is 0.406 e. The third-order valence-electron chi connectivity index (χ3n) is 2.16. The monoisotopic (exact) mass is 225 g/mol. The van der Waals surface area contributed by atoms with E-state index in [9.17, 15) is 10.1 Å². The molecule has 0 spiro atoms. The quantitative estimate of drug-likeness (QED) is 0.433. The van der Waals surface area contributed by atoms with Gasteiger partial charge in [0.15, 0.2) is 0 Å². The number of hydrogen-bond acceptors (Lipinski definition) is 5. The molecule has 0 unspecified atom stereocenters. The zero-order valence-corrected chi connectivity index (χ0v) is 9.30. The first-order chi connectivity index (χ1) is 7.57. The summed E-state index contributed by atoms with van der Waals surface area (Å²) in [5.74, 6) is 0.849. The van der Waals surface area contributed by atoms with Crippen LogP contribution in [0.5, 0.6) is 0 Å². The first kappa shape index (κ1) is 12.2. The molecule has 7 nitrogen and oxygen atoms in total. The number of nitrogens with two attached hydrogens (primary N) is 1. The first-order valence-corrected chi connectivity index (χ1v) is 4.84. The van der Waals surface area contributed by atoms with Crippen LogP contribution in [0.2, 0.25) is 0 Å². The van der Waals surface area contributed by atoms with Crippen LogP contribution in [0.15, 0.2) is 12.2 Å². The van der Waals surface area contributed by atoms with Crippen molar-refractivity contribution in [2.45, 2.75) is 6.92 Å². The van der Waals surface area contributed by atoms with Crippen LogP contribution in [-0.4, -0.2) is 27.6 Å². The minimum Gasteiger partial charge on any atom is -0.361 e. The number of imidazole rings is 1. The maximum atomic E-state index is 10.7. The minimum absolute atomic E-state index is 0.152. The number of nitrogens with one attached hydrogen (secondary N) is 1. The van der Waals surface area contributed by atoms with E-state index in [2.05, 4.69) is 10.3 Å². The van der Waals surface area contributed by atoms with E-state index >= 15 is 0 Å². The molecule has 0 aliphatic heterocycles. The van der Waals surface area contributed by atoms with Crippen molar-refractivity contribution < 1.29 is 4.92 Å². The molecule has 0 atom stereocenters. The van der Waals surface area contributed by atoms with Crippen molar-refractivity contribution in [1.29, 1.82) is 0 Å². The molecule has 0 saturated carbocycles. The maximum absolute atomic E-state index is 10.7. The third-order valence-corrected chi connectivity index (χ3v) is 2.16. The lowest BCUT2D eigenvalue weighted by atomic mass is 10.5. The van der Waals surface area contributed by atoms with E-state index in [1.807, 2.05) is 6.08 Å². The van der Waals surface area contributed by atoms with Crippen LogP contribution in [0, 0.1) is 17.0 Å². The van der Waals surface area contributed by atoms with Crippen LogP contribution in [0.25, 0.3) is 0 Å². The molecule has 0 saturated heterocycles. The van der Waals surface area contributed by atoms with Gasteiger partial charge in [0.2, 0.25) is 11.6 Å². The number of nitrogens with zero attached hydrogens (tertiary/aromatic N) is 3. The molecule has 7 heteroatoms. The highest BCUT2D eigenvalue weighted by molar-refractivity contribution is 5.53. The van der Waals surface area contributed by atoms with E-state index in [-0.39, 0.29) is 5.82 Å². The molecule has 1 heterocycles. The number of aryl methyl sites for hydroxylation is 1.